The van der Waals surface area contributed by atoms with Gasteiger partial charge in [-0.2, -0.15) is 0 Å². The zero-order valence-corrected chi connectivity index (χ0v) is 27.5. The van der Waals surface area contributed by atoms with E-state index >= 15 is 0 Å². The molecule has 1 aromatic heterocycles. The van der Waals surface area contributed by atoms with Crippen LogP contribution in [0.25, 0.3) is 20.8 Å². The summed E-state index contributed by atoms with van der Waals surface area (Å²) < 4.78 is 16.4. The molecule has 2 aliphatic heterocycles. The molecule has 0 saturated carbocycles. The van der Waals surface area contributed by atoms with Crippen LogP contribution in [-0.4, -0.2) is 105 Å². The Hall–Kier alpha value is -4.26. The molecular weight excluding hydrogens is 632 g/mol. The molecule has 3 aromatic rings. The molecule has 0 bridgehead atoms. The summed E-state index contributed by atoms with van der Waals surface area (Å²) >= 11 is 1.69. The fourth-order valence-corrected chi connectivity index (χ4v) is 6.79. The van der Waals surface area contributed by atoms with Gasteiger partial charge in [-0.05, 0) is 29.8 Å². The number of aromatic nitrogens is 4. The van der Waals surface area contributed by atoms with E-state index in [1.165, 1.54) is 0 Å². The number of benzene rings is 3. The summed E-state index contributed by atoms with van der Waals surface area (Å²) in [5.41, 5.74) is 4.67. The molecule has 6 rings (SSSR count). The maximum absolute atomic E-state index is 10.4. The van der Waals surface area contributed by atoms with Gasteiger partial charge in [0.25, 0.3) is 0 Å². The molecule has 3 aliphatic rings. The average molecular weight is 672 g/mol. The minimum absolute atomic E-state index is 0.116. The third kappa shape index (κ3) is 7.40. The van der Waals surface area contributed by atoms with E-state index in [9.17, 15) is 20.4 Å². The highest BCUT2D eigenvalue weighted by Gasteiger charge is 2.44. The van der Waals surface area contributed by atoms with Gasteiger partial charge >= 0.3 is 0 Å². The summed E-state index contributed by atoms with van der Waals surface area (Å²) in [7, 11) is 3.98. The van der Waals surface area contributed by atoms with Crippen LogP contribution in [0.3, 0.4) is 0 Å². The van der Waals surface area contributed by atoms with Crippen LogP contribution in [0.15, 0.2) is 72.9 Å². The summed E-state index contributed by atoms with van der Waals surface area (Å²) in [6.07, 6.45) is 0.697. The number of nitrogens with zero attached hydrogens (tertiary/aromatic N) is 6. The van der Waals surface area contributed by atoms with Crippen molar-refractivity contribution in [3.63, 3.8) is 0 Å². The summed E-state index contributed by atoms with van der Waals surface area (Å²) in [6.45, 7) is 1.07. The Morgan fingerprint density at radius 2 is 1.90 bits per heavy atom. The van der Waals surface area contributed by atoms with Crippen LogP contribution in [0.1, 0.15) is 17.2 Å². The first-order valence-corrected chi connectivity index (χ1v) is 16.4. The lowest BCUT2D eigenvalue weighted by Gasteiger charge is -2.40. The number of terminal acetylenes is 1. The lowest BCUT2D eigenvalue weighted by atomic mass is 9.98. The predicted molar refractivity (Wildman–Crippen MR) is 182 cm³/mol. The second-order valence-corrected chi connectivity index (χ2v) is 13.1. The monoisotopic (exact) mass is 671 g/mol. The Bertz CT molecular complexity index is 1920. The van der Waals surface area contributed by atoms with Gasteiger partial charge in [0.05, 0.1) is 53.3 Å². The van der Waals surface area contributed by atoms with E-state index in [4.69, 9.17) is 20.9 Å². The standard InChI is InChI=1S/C35H39N6O6S/c1-4-14-39(2)25-10-12-27-30(15-25)48-31-16-26(11-13-28(31)36-27)40(3)18-24-19-41(38-37-24)17-23(22-8-6-5-7-9-22)21-46-35-34(45)33(44)32(43)29(20-42)47-35/h1,5-13,15-16,19,23,29,32-35,42-45H,14,17-18,20-21H2,2-3H3/q+1/t23?,29-,32-,33+,34-,35-/m0/s1. The maximum atomic E-state index is 10.4. The minimum Gasteiger partial charge on any atom is -0.394 e. The van der Waals surface area contributed by atoms with Crippen molar-refractivity contribution in [1.82, 2.24) is 24.6 Å². The molecule has 1 aliphatic carbocycles. The van der Waals surface area contributed by atoms with Crippen molar-refractivity contribution in [1.29, 1.82) is 0 Å². The molecule has 12 nitrogen and oxygen atoms in total. The van der Waals surface area contributed by atoms with Gasteiger partial charge in [0.1, 0.15) is 37.2 Å². The highest BCUT2D eigenvalue weighted by Crippen LogP contribution is 2.32. The van der Waals surface area contributed by atoms with Crippen LogP contribution >= 0.6 is 11.3 Å². The van der Waals surface area contributed by atoms with Crippen molar-refractivity contribution < 1.29 is 29.9 Å². The maximum Gasteiger partial charge on any atom is 0.201 e. The lowest BCUT2D eigenvalue weighted by Crippen LogP contribution is -2.59. The fraction of sp³-hybridized carbons (Fsp3) is 0.371. The van der Waals surface area contributed by atoms with Gasteiger partial charge in [0, 0.05) is 30.8 Å². The first-order valence-electron chi connectivity index (χ1n) is 15.6. The average Bonchev–Trinajstić information content (AvgIpc) is 3.55. The van der Waals surface area contributed by atoms with Gasteiger partial charge in [-0.15, -0.1) is 22.9 Å². The largest absolute Gasteiger partial charge is 0.394 e. The number of ether oxygens (including phenoxy) is 2. The molecule has 6 atom stereocenters. The Labute approximate surface area is 282 Å². The summed E-state index contributed by atoms with van der Waals surface area (Å²) in [5.74, 6) is 2.48. The van der Waals surface area contributed by atoms with Crippen molar-refractivity contribution in [3.8, 4) is 22.9 Å². The number of hydrogen-bond donors (Lipinski definition) is 4. The van der Waals surface area contributed by atoms with E-state index in [2.05, 4.69) is 39.0 Å². The van der Waals surface area contributed by atoms with Crippen LogP contribution in [0.2, 0.25) is 0 Å². The first kappa shape index (κ1) is 33.6. The quantitative estimate of drug-likeness (QED) is 0.0919. The summed E-state index contributed by atoms with van der Waals surface area (Å²) in [4.78, 5) is 7.97. The van der Waals surface area contributed by atoms with Crippen molar-refractivity contribution in [2.45, 2.75) is 49.7 Å². The number of aliphatic hydroxyl groups excluding tert-OH is 4. The Morgan fingerprint density at radius 1 is 1.08 bits per heavy atom. The molecule has 48 heavy (non-hydrogen) atoms. The molecule has 0 spiro atoms. The van der Waals surface area contributed by atoms with Crippen LogP contribution in [0, 0.1) is 12.3 Å². The molecule has 1 fully saturated rings. The number of rotatable bonds is 11. The van der Waals surface area contributed by atoms with Crippen molar-refractivity contribution >= 4 is 27.2 Å². The third-order valence-electron chi connectivity index (χ3n) is 8.53. The van der Waals surface area contributed by atoms with Crippen molar-refractivity contribution in [2.75, 3.05) is 38.8 Å². The van der Waals surface area contributed by atoms with Gasteiger partial charge < -0.3 is 34.8 Å². The third-order valence-corrected chi connectivity index (χ3v) is 9.63. The molecular formula is C35H39N6O6S+. The van der Waals surface area contributed by atoms with Crippen molar-refractivity contribution in [2.24, 2.45) is 0 Å². The van der Waals surface area contributed by atoms with Gasteiger partial charge in [-0.3, -0.25) is 4.68 Å². The number of aliphatic hydroxyl groups is 4. The molecule has 4 N–H and O–H groups in total. The molecule has 2 aromatic carbocycles. The molecule has 250 valence electrons. The zero-order chi connectivity index (χ0) is 33.8. The second-order valence-electron chi connectivity index (χ2n) is 12.0. The SMILES string of the molecule is C#CCN(C)c1ccc2nc3ccc(=[N+](C)Cc4cn(CC(CO[C@H]5O[C@@H](CO)[C@H](O)[C@@H](O)[C@@H]5O)c5ccccc5)nn4)cc-3sc2c1. The van der Waals surface area contributed by atoms with E-state index < -0.39 is 37.3 Å². The molecule has 13 heteroatoms. The highest BCUT2D eigenvalue weighted by atomic mass is 32.1. The predicted octanol–water partition coefficient (Wildman–Crippen LogP) is 1.26. The minimum atomic E-state index is -1.51. The van der Waals surface area contributed by atoms with Gasteiger partial charge in [-0.1, -0.05) is 41.5 Å². The van der Waals surface area contributed by atoms with Crippen LogP contribution < -0.4 is 14.8 Å². The molecule has 0 amide bonds. The zero-order valence-electron chi connectivity index (χ0n) is 26.7. The van der Waals surface area contributed by atoms with Gasteiger partial charge in [0.2, 0.25) is 5.36 Å². The van der Waals surface area contributed by atoms with Crippen molar-refractivity contribution in [3.05, 3.63) is 89.5 Å². The van der Waals surface area contributed by atoms with E-state index in [0.29, 0.717) is 19.6 Å². The smallest absolute Gasteiger partial charge is 0.201 e. The Kier molecular flexibility index (Phi) is 10.4. The molecule has 0 radical (unpaired) electrons. The van der Waals surface area contributed by atoms with Crippen LogP contribution in [-0.2, 0) is 22.6 Å². The molecule has 3 heterocycles. The Morgan fingerprint density at radius 3 is 2.67 bits per heavy atom. The second kappa shape index (κ2) is 14.9. The van der Waals surface area contributed by atoms with Gasteiger partial charge in [0.15, 0.2) is 12.8 Å². The highest BCUT2D eigenvalue weighted by molar-refractivity contribution is 7.21. The van der Waals surface area contributed by atoms with E-state index in [0.717, 1.165) is 43.1 Å². The number of fused-ring (bicyclic) bond motifs is 2. The Balaban J connectivity index is 1.18. The summed E-state index contributed by atoms with van der Waals surface area (Å²) in [5, 5.41) is 50.1. The molecule has 1 saturated heterocycles. The van der Waals surface area contributed by atoms with Crippen LogP contribution in [0.4, 0.5) is 5.69 Å². The van der Waals surface area contributed by atoms with Crippen LogP contribution in [0.5, 0.6) is 0 Å². The number of anilines is 1. The van der Waals surface area contributed by atoms with E-state index in [1.54, 1.807) is 16.0 Å². The lowest BCUT2D eigenvalue weighted by molar-refractivity contribution is -0.302. The van der Waals surface area contributed by atoms with E-state index in [1.807, 2.05) is 73.7 Å². The fourth-order valence-electron chi connectivity index (χ4n) is 5.76. The summed E-state index contributed by atoms with van der Waals surface area (Å²) in [6, 6.07) is 22.1. The van der Waals surface area contributed by atoms with Gasteiger partial charge in [-0.25, -0.2) is 9.56 Å². The topological polar surface area (TPSA) is 149 Å². The molecule has 1 unspecified atom stereocenters. The number of hydrogen-bond acceptors (Lipinski definition) is 11. The van der Waals surface area contributed by atoms with E-state index in [-0.39, 0.29) is 12.5 Å². The first-order chi connectivity index (χ1) is 23.2. The normalized spacial score (nSPS) is 22.4.